The molecule has 0 saturated heterocycles. The van der Waals surface area contributed by atoms with Crippen molar-refractivity contribution in [2.75, 3.05) is 0 Å². The summed E-state index contributed by atoms with van der Waals surface area (Å²) in [6, 6.07) is 9.87. The minimum Gasteiger partial charge on any atom is -0.406 e. The van der Waals surface area contributed by atoms with E-state index in [-0.39, 0.29) is 33.6 Å². The summed E-state index contributed by atoms with van der Waals surface area (Å²) in [5, 5.41) is 4.43. The lowest BCUT2D eigenvalue weighted by molar-refractivity contribution is -0.274. The number of halogens is 3. The Morgan fingerprint density at radius 1 is 1.12 bits per heavy atom. The van der Waals surface area contributed by atoms with Crippen molar-refractivity contribution >= 4 is 16.7 Å². The van der Waals surface area contributed by atoms with Gasteiger partial charge in [-0.05, 0) is 44.2 Å². The van der Waals surface area contributed by atoms with Gasteiger partial charge in [0.1, 0.15) is 11.4 Å². The minimum atomic E-state index is -4.78. The standard InChI is InChI=1S/C18H13F3N2O3/c1-10-17(25)16-14(11(2)24)4-3-5-15(16)23(22-10)12-6-8-13(9-7-12)26-18(19,20)21/h3-9H,1-2H3. The van der Waals surface area contributed by atoms with Crippen LogP contribution in [-0.4, -0.2) is 21.9 Å². The number of carbonyl (C=O) groups is 1. The highest BCUT2D eigenvalue weighted by molar-refractivity contribution is 6.06. The van der Waals surface area contributed by atoms with Crippen LogP contribution in [0.15, 0.2) is 47.3 Å². The van der Waals surface area contributed by atoms with Gasteiger partial charge < -0.3 is 4.74 Å². The maximum absolute atomic E-state index is 12.5. The zero-order valence-electron chi connectivity index (χ0n) is 13.8. The van der Waals surface area contributed by atoms with Gasteiger partial charge in [-0.3, -0.25) is 9.59 Å². The SMILES string of the molecule is CC(=O)c1cccc2c1c(=O)c(C)nn2-c1ccc(OC(F)(F)F)cc1. The Balaban J connectivity index is 2.20. The third-order valence-corrected chi connectivity index (χ3v) is 3.77. The van der Waals surface area contributed by atoms with Crippen LogP contribution >= 0.6 is 0 Å². The van der Waals surface area contributed by atoms with Crippen molar-refractivity contribution in [3.05, 3.63) is 63.9 Å². The van der Waals surface area contributed by atoms with Crippen LogP contribution in [0.2, 0.25) is 0 Å². The van der Waals surface area contributed by atoms with E-state index in [2.05, 4.69) is 9.84 Å². The molecule has 0 atom stereocenters. The van der Waals surface area contributed by atoms with Gasteiger partial charge in [-0.2, -0.15) is 5.10 Å². The highest BCUT2D eigenvalue weighted by Gasteiger charge is 2.31. The third kappa shape index (κ3) is 3.30. The summed E-state index contributed by atoms with van der Waals surface area (Å²) in [5.74, 6) is -0.633. The lowest BCUT2D eigenvalue weighted by atomic mass is 10.0. The molecule has 5 nitrogen and oxygen atoms in total. The van der Waals surface area contributed by atoms with E-state index in [1.165, 1.54) is 30.7 Å². The van der Waals surface area contributed by atoms with Crippen molar-refractivity contribution in [2.45, 2.75) is 20.2 Å². The Labute approximate surface area is 145 Å². The first-order valence-corrected chi connectivity index (χ1v) is 7.57. The fraction of sp³-hybridized carbons (Fsp3) is 0.167. The van der Waals surface area contributed by atoms with Crippen LogP contribution in [0.3, 0.4) is 0 Å². The highest BCUT2D eigenvalue weighted by atomic mass is 19.4. The van der Waals surface area contributed by atoms with Crippen molar-refractivity contribution < 1.29 is 22.7 Å². The fourth-order valence-electron chi connectivity index (χ4n) is 2.66. The Morgan fingerprint density at radius 3 is 2.35 bits per heavy atom. The number of aromatic nitrogens is 2. The number of aryl methyl sites for hydroxylation is 1. The van der Waals surface area contributed by atoms with Gasteiger partial charge in [-0.25, -0.2) is 4.68 Å². The van der Waals surface area contributed by atoms with Crippen molar-refractivity contribution in [3.8, 4) is 11.4 Å². The fourth-order valence-corrected chi connectivity index (χ4v) is 2.66. The number of carbonyl (C=O) groups excluding carboxylic acids is 1. The minimum absolute atomic E-state index is 0.168. The second-order valence-electron chi connectivity index (χ2n) is 5.62. The topological polar surface area (TPSA) is 61.2 Å². The summed E-state index contributed by atoms with van der Waals surface area (Å²) in [4.78, 5) is 24.3. The van der Waals surface area contributed by atoms with Crippen molar-refractivity contribution in [1.82, 2.24) is 9.78 Å². The van der Waals surface area contributed by atoms with Crippen LogP contribution in [0.4, 0.5) is 13.2 Å². The number of nitrogens with zero attached hydrogens (tertiary/aromatic N) is 2. The molecule has 0 aliphatic heterocycles. The zero-order chi connectivity index (χ0) is 19.1. The second kappa shape index (κ2) is 6.29. The van der Waals surface area contributed by atoms with Crippen LogP contribution in [0, 0.1) is 6.92 Å². The van der Waals surface area contributed by atoms with E-state index in [1.807, 2.05) is 0 Å². The van der Waals surface area contributed by atoms with Crippen LogP contribution in [0.25, 0.3) is 16.6 Å². The molecule has 0 amide bonds. The predicted octanol–water partition coefficient (Wildman–Crippen LogP) is 3.80. The first kappa shape index (κ1) is 17.7. The summed E-state index contributed by atoms with van der Waals surface area (Å²) in [6.07, 6.45) is -4.78. The molecule has 0 aliphatic rings. The van der Waals surface area contributed by atoms with E-state index in [1.54, 1.807) is 18.2 Å². The summed E-state index contributed by atoms with van der Waals surface area (Å²) < 4.78 is 42.1. The monoisotopic (exact) mass is 362 g/mol. The highest BCUT2D eigenvalue weighted by Crippen LogP contribution is 2.25. The molecule has 0 fully saturated rings. The maximum Gasteiger partial charge on any atom is 0.573 e. The average molecular weight is 362 g/mol. The number of alkyl halides is 3. The number of Topliss-reactive ketones (excluding diaryl/α,β-unsaturated/α-hetero) is 1. The number of hydrogen-bond acceptors (Lipinski definition) is 4. The number of rotatable bonds is 3. The molecule has 0 N–H and O–H groups in total. The molecule has 8 heteroatoms. The Hall–Kier alpha value is -3.16. The van der Waals surface area contributed by atoms with Crippen molar-refractivity contribution in [3.63, 3.8) is 0 Å². The first-order valence-electron chi connectivity index (χ1n) is 7.57. The smallest absolute Gasteiger partial charge is 0.406 e. The molecule has 1 aromatic heterocycles. The molecule has 3 rings (SSSR count). The number of ether oxygens (including phenoxy) is 1. The van der Waals surface area contributed by atoms with E-state index in [4.69, 9.17) is 0 Å². The molecule has 0 spiro atoms. The molecule has 0 aliphatic carbocycles. The molecular weight excluding hydrogens is 349 g/mol. The number of fused-ring (bicyclic) bond motifs is 1. The summed E-state index contributed by atoms with van der Waals surface area (Å²) in [6.45, 7) is 2.87. The van der Waals surface area contributed by atoms with Gasteiger partial charge in [-0.1, -0.05) is 12.1 Å². The lowest BCUT2D eigenvalue weighted by Crippen LogP contribution is -2.18. The molecule has 0 saturated carbocycles. The maximum atomic E-state index is 12.5. The van der Waals surface area contributed by atoms with Crippen LogP contribution < -0.4 is 10.2 Å². The van der Waals surface area contributed by atoms with E-state index >= 15 is 0 Å². The van der Waals surface area contributed by atoms with Gasteiger partial charge >= 0.3 is 6.36 Å². The van der Waals surface area contributed by atoms with E-state index in [9.17, 15) is 22.8 Å². The van der Waals surface area contributed by atoms with Crippen LogP contribution in [0.1, 0.15) is 23.0 Å². The molecule has 1 heterocycles. The summed E-state index contributed by atoms with van der Waals surface area (Å²) in [5.41, 5.74) is 0.885. The summed E-state index contributed by atoms with van der Waals surface area (Å²) >= 11 is 0. The van der Waals surface area contributed by atoms with E-state index < -0.39 is 6.36 Å². The van der Waals surface area contributed by atoms with E-state index in [0.717, 1.165) is 12.1 Å². The van der Waals surface area contributed by atoms with Crippen molar-refractivity contribution in [1.29, 1.82) is 0 Å². The zero-order valence-corrected chi connectivity index (χ0v) is 13.8. The Kier molecular flexibility index (Phi) is 4.27. The van der Waals surface area contributed by atoms with Crippen LogP contribution in [-0.2, 0) is 0 Å². The molecule has 0 unspecified atom stereocenters. The Bertz CT molecular complexity index is 1050. The molecule has 2 aromatic carbocycles. The molecule has 134 valence electrons. The normalized spacial score (nSPS) is 11.6. The number of ketones is 1. The van der Waals surface area contributed by atoms with Gasteiger partial charge in [0, 0.05) is 5.56 Å². The Morgan fingerprint density at radius 2 is 1.77 bits per heavy atom. The lowest BCUT2D eigenvalue weighted by Gasteiger charge is -2.13. The van der Waals surface area contributed by atoms with Gasteiger partial charge in [-0.15, -0.1) is 13.2 Å². The molecular formula is C18H13F3N2O3. The van der Waals surface area contributed by atoms with Gasteiger partial charge in [0.25, 0.3) is 0 Å². The summed E-state index contributed by atoms with van der Waals surface area (Å²) in [7, 11) is 0. The molecule has 0 radical (unpaired) electrons. The molecule has 26 heavy (non-hydrogen) atoms. The molecule has 0 bridgehead atoms. The van der Waals surface area contributed by atoms with Crippen LogP contribution in [0.5, 0.6) is 5.75 Å². The predicted molar refractivity (Wildman–Crippen MR) is 88.8 cm³/mol. The second-order valence-corrected chi connectivity index (χ2v) is 5.62. The number of hydrogen-bond donors (Lipinski definition) is 0. The van der Waals surface area contributed by atoms with E-state index in [0.29, 0.717) is 11.2 Å². The van der Waals surface area contributed by atoms with Gasteiger partial charge in [0.2, 0.25) is 5.43 Å². The average Bonchev–Trinajstić information content (AvgIpc) is 2.57. The quantitative estimate of drug-likeness (QED) is 0.665. The van der Waals surface area contributed by atoms with Gasteiger partial charge in [0.15, 0.2) is 5.78 Å². The van der Waals surface area contributed by atoms with Crippen molar-refractivity contribution in [2.24, 2.45) is 0 Å². The molecule has 3 aromatic rings. The first-order chi connectivity index (χ1) is 12.2. The third-order valence-electron chi connectivity index (χ3n) is 3.77. The largest absolute Gasteiger partial charge is 0.573 e. The van der Waals surface area contributed by atoms with Gasteiger partial charge in [0.05, 0.1) is 16.6 Å². The number of benzene rings is 2.